The number of likely N-dealkylation sites (N-methyl/N-ethyl adjacent to an activating group) is 1. The minimum atomic E-state index is -1.36. The number of amides is 1. The largest absolute Gasteiger partial charge is 0.497 e. The van der Waals surface area contributed by atoms with Gasteiger partial charge in [-0.2, -0.15) is 0 Å². The highest BCUT2D eigenvalue weighted by Crippen LogP contribution is 2.42. The summed E-state index contributed by atoms with van der Waals surface area (Å²) in [5.41, 5.74) is 1.14. The van der Waals surface area contributed by atoms with Gasteiger partial charge in [-0.25, -0.2) is 0 Å². The summed E-state index contributed by atoms with van der Waals surface area (Å²) in [4.78, 5) is 21.8. The summed E-state index contributed by atoms with van der Waals surface area (Å²) in [5, 5.41) is 45.2. The molecule has 0 saturated carbocycles. The second kappa shape index (κ2) is 17.9. The lowest BCUT2D eigenvalue weighted by molar-refractivity contribution is -0.205. The molecule has 0 radical (unpaired) electrons. The Morgan fingerprint density at radius 2 is 1.98 bits per heavy atom. The Hall–Kier alpha value is -2.00. The molecule has 10 unspecified atom stereocenters. The third kappa shape index (κ3) is 8.87. The molecule has 7 rings (SSSR count). The average Bonchev–Trinajstić information content (AvgIpc) is 3.52. The van der Waals surface area contributed by atoms with Crippen molar-refractivity contribution in [1.82, 2.24) is 20.1 Å². The third-order valence-corrected chi connectivity index (χ3v) is 12.6. The van der Waals surface area contributed by atoms with Crippen LogP contribution in [0.2, 0.25) is 0 Å². The van der Waals surface area contributed by atoms with E-state index < -0.39 is 47.4 Å². The van der Waals surface area contributed by atoms with Crippen LogP contribution in [0.15, 0.2) is 43.1 Å². The maximum absolute atomic E-state index is 12.9. The van der Waals surface area contributed by atoms with Gasteiger partial charge in [0, 0.05) is 30.7 Å². The van der Waals surface area contributed by atoms with Crippen LogP contribution < -0.4 is 10.1 Å². The number of hydrogen-bond donors (Lipinski definition) is 5. The molecule has 1 amide bonds. The van der Waals surface area contributed by atoms with E-state index in [0.29, 0.717) is 17.8 Å². The van der Waals surface area contributed by atoms with Gasteiger partial charge in [0.05, 0.1) is 36.2 Å². The van der Waals surface area contributed by atoms with E-state index in [1.807, 2.05) is 36.2 Å². The second-order valence-electron chi connectivity index (χ2n) is 14.7. The van der Waals surface area contributed by atoms with Crippen LogP contribution in [0.25, 0.3) is 10.9 Å². The molecular weight excluding hydrogens is 692 g/mol. The van der Waals surface area contributed by atoms with Gasteiger partial charge in [-0.1, -0.05) is 19.4 Å². The topological polar surface area (TPSA) is 148 Å². The summed E-state index contributed by atoms with van der Waals surface area (Å²) in [6.45, 7) is 10.8. The standard InChI is InChI=1S/C20H24N2O2.C18H33ClN2O5S/c1-3-13-12-22-9-7-14(13)10-19(22)20(23)16-6-8-21-18-5-4-15(24-2)11-17(16)18;1-5-6-10-7-11(21(3)8-10)17(25)20-12(9(2)19)16-14(23)13(22)15(24)18(26-16)27-4/h3-6,8,11,13-14,19-20,23H,1,7,9-10,12H2,2H3;9-16,18,22-24H,5-8H2,1-4H3,(H,20,25)/t13?,14?,19?,20-;9?,10?,11-,12?,13?,14+,15?,16?,18+/m10/s1. The van der Waals surface area contributed by atoms with Crippen molar-refractivity contribution < 1.29 is 34.7 Å². The average molecular weight is 749 g/mol. The summed E-state index contributed by atoms with van der Waals surface area (Å²) in [5.74, 6) is 2.36. The maximum atomic E-state index is 12.9. The molecule has 1 aromatic carbocycles. The Balaban J connectivity index is 0.000000199. The normalized spacial score (nSPS) is 35.4. The van der Waals surface area contributed by atoms with Gasteiger partial charge in [0.15, 0.2) is 0 Å². The van der Waals surface area contributed by atoms with Gasteiger partial charge in [0.2, 0.25) is 5.91 Å². The number of nitrogens with zero attached hydrogens (tertiary/aromatic N) is 3. The molecule has 2 aromatic rings. The quantitative estimate of drug-likeness (QED) is 0.170. The van der Waals surface area contributed by atoms with Crippen molar-refractivity contribution in [3.63, 3.8) is 0 Å². The Morgan fingerprint density at radius 1 is 1.22 bits per heavy atom. The van der Waals surface area contributed by atoms with Gasteiger partial charge in [0.25, 0.3) is 0 Å². The van der Waals surface area contributed by atoms with Crippen molar-refractivity contribution in [1.29, 1.82) is 0 Å². The number of thioether (sulfide) groups is 1. The lowest BCUT2D eigenvalue weighted by Gasteiger charge is -2.50. The van der Waals surface area contributed by atoms with Crippen LogP contribution in [-0.2, 0) is 9.53 Å². The minimum Gasteiger partial charge on any atom is -0.497 e. The molecule has 6 heterocycles. The minimum absolute atomic E-state index is 0.147. The second-order valence-corrected chi connectivity index (χ2v) is 16.3. The molecule has 5 fully saturated rings. The van der Waals surface area contributed by atoms with E-state index in [-0.39, 0.29) is 18.0 Å². The van der Waals surface area contributed by atoms with Crippen LogP contribution in [0.5, 0.6) is 5.75 Å². The van der Waals surface area contributed by atoms with Crippen LogP contribution in [-0.4, -0.2) is 135 Å². The van der Waals surface area contributed by atoms with Crippen molar-refractivity contribution >= 4 is 40.2 Å². The van der Waals surface area contributed by atoms with Crippen LogP contribution in [0, 0.1) is 17.8 Å². The van der Waals surface area contributed by atoms with Crippen LogP contribution in [0.1, 0.15) is 57.6 Å². The van der Waals surface area contributed by atoms with E-state index in [9.17, 15) is 25.2 Å². The van der Waals surface area contributed by atoms with Gasteiger partial charge in [-0.05, 0) is 100 Å². The van der Waals surface area contributed by atoms with Gasteiger partial charge < -0.3 is 35.2 Å². The number of hydrogen-bond acceptors (Lipinski definition) is 11. The molecular formula is C38H57ClN4O7S. The Bertz CT molecular complexity index is 1470. The fourth-order valence-corrected chi connectivity index (χ4v) is 9.44. The van der Waals surface area contributed by atoms with Crippen LogP contribution in [0.4, 0.5) is 0 Å². The SMILES string of the molecule is C=CC1CN2CCC1CC2[C@H](O)c1ccnc2ccc(OC)cc12.CCCC1C[C@@H](C(=O)NC(C(C)Cl)C2O[C@H](SC)C(O)C(O)[C@H]2O)N(C)C1. The number of aliphatic hydroxyl groups is 4. The summed E-state index contributed by atoms with van der Waals surface area (Å²) in [6, 6.07) is 7.02. The van der Waals surface area contributed by atoms with Crippen molar-refractivity contribution in [2.45, 2.75) is 105 Å². The van der Waals surface area contributed by atoms with Crippen LogP contribution in [0.3, 0.4) is 0 Å². The molecule has 11 nitrogen and oxygen atoms in total. The molecule has 5 aliphatic rings. The zero-order valence-corrected chi connectivity index (χ0v) is 32.0. The molecule has 5 N–H and O–H groups in total. The first kappa shape index (κ1) is 40.2. The number of carbonyl (C=O) groups is 1. The molecule has 284 valence electrons. The highest BCUT2D eigenvalue weighted by Gasteiger charge is 2.48. The molecule has 1 aromatic heterocycles. The molecule has 0 spiro atoms. The molecule has 14 atom stereocenters. The van der Waals surface area contributed by atoms with E-state index in [1.165, 1.54) is 18.2 Å². The Morgan fingerprint density at radius 3 is 2.61 bits per heavy atom. The van der Waals surface area contributed by atoms with E-state index in [1.54, 1.807) is 26.5 Å². The summed E-state index contributed by atoms with van der Waals surface area (Å²) in [6.07, 6.45) is 5.52. The van der Waals surface area contributed by atoms with E-state index in [0.717, 1.165) is 67.5 Å². The first-order valence-electron chi connectivity index (χ1n) is 18.3. The molecule has 13 heteroatoms. The number of aromatic nitrogens is 1. The van der Waals surface area contributed by atoms with Gasteiger partial charge >= 0.3 is 0 Å². The van der Waals surface area contributed by atoms with Gasteiger partial charge in [-0.3, -0.25) is 19.6 Å². The Kier molecular flexibility index (Phi) is 14.1. The molecule has 5 aliphatic heterocycles. The highest BCUT2D eigenvalue weighted by molar-refractivity contribution is 7.99. The molecule has 51 heavy (non-hydrogen) atoms. The number of rotatable bonds is 11. The number of aliphatic hydroxyl groups excluding tert-OH is 4. The smallest absolute Gasteiger partial charge is 0.237 e. The number of nitrogens with one attached hydrogen (secondary N) is 1. The number of alkyl halides is 1. The third-order valence-electron chi connectivity index (χ3n) is 11.5. The summed E-state index contributed by atoms with van der Waals surface area (Å²) >= 11 is 7.55. The van der Waals surface area contributed by atoms with E-state index >= 15 is 0 Å². The number of piperidine rings is 3. The van der Waals surface area contributed by atoms with Crippen molar-refractivity contribution in [3.8, 4) is 5.75 Å². The molecule has 5 saturated heterocycles. The maximum Gasteiger partial charge on any atom is 0.237 e. The zero-order valence-electron chi connectivity index (χ0n) is 30.5. The van der Waals surface area contributed by atoms with Gasteiger partial charge in [-0.15, -0.1) is 29.9 Å². The lowest BCUT2D eigenvalue weighted by atomic mass is 9.73. The van der Waals surface area contributed by atoms with E-state index in [2.05, 4.69) is 34.8 Å². The number of ether oxygens (including phenoxy) is 2. The fraction of sp³-hybridized carbons (Fsp3) is 0.684. The van der Waals surface area contributed by atoms with Crippen LogP contribution >= 0.6 is 23.4 Å². The highest BCUT2D eigenvalue weighted by atomic mass is 35.5. The van der Waals surface area contributed by atoms with E-state index in [4.69, 9.17) is 21.1 Å². The van der Waals surface area contributed by atoms with Gasteiger partial charge in [0.1, 0.15) is 35.6 Å². The van der Waals surface area contributed by atoms with Crippen molar-refractivity contribution in [2.75, 3.05) is 40.0 Å². The number of likely N-dealkylation sites (tertiary alicyclic amines) is 1. The number of fused-ring (bicyclic) bond motifs is 4. The molecule has 0 aliphatic carbocycles. The zero-order chi connectivity index (χ0) is 37.0. The predicted octanol–water partition coefficient (Wildman–Crippen LogP) is 3.56. The summed E-state index contributed by atoms with van der Waals surface area (Å²) in [7, 11) is 3.60. The first-order valence-corrected chi connectivity index (χ1v) is 20.0. The predicted molar refractivity (Wildman–Crippen MR) is 202 cm³/mol. The number of methoxy groups -OCH3 is 1. The Labute approximate surface area is 311 Å². The number of pyridine rings is 1. The molecule has 2 bridgehead atoms. The number of carbonyl (C=O) groups excluding carboxylic acids is 1. The number of halogens is 1. The van der Waals surface area contributed by atoms with Crippen molar-refractivity contribution in [2.24, 2.45) is 17.8 Å². The van der Waals surface area contributed by atoms with Crippen molar-refractivity contribution in [3.05, 3.63) is 48.7 Å². The number of benzene rings is 1. The first-order chi connectivity index (χ1) is 24.4. The lowest BCUT2D eigenvalue weighted by Crippen LogP contribution is -2.65. The monoisotopic (exact) mass is 748 g/mol. The summed E-state index contributed by atoms with van der Waals surface area (Å²) < 4.78 is 11.1. The fourth-order valence-electron chi connectivity index (χ4n) is 8.56.